The fourth-order valence-electron chi connectivity index (χ4n) is 0.894. The third-order valence-electron chi connectivity index (χ3n) is 1.80. The Morgan fingerprint density at radius 2 is 2.00 bits per heavy atom. The van der Waals surface area contributed by atoms with Gasteiger partial charge in [-0.2, -0.15) is 0 Å². The first kappa shape index (κ1) is 11.9. The van der Waals surface area contributed by atoms with Gasteiger partial charge in [0.25, 0.3) is 0 Å². The number of hydrogen-bond donors (Lipinski definition) is 2. The van der Waals surface area contributed by atoms with Crippen LogP contribution in [-0.2, 0) is 9.59 Å². The zero-order valence-electron chi connectivity index (χ0n) is 7.99. The molecule has 0 radical (unpaired) electrons. The fourth-order valence-corrected chi connectivity index (χ4v) is 0.894. The molecular formula is C8H16N2O3. The number of aliphatic hydroxyl groups excluding tert-OH is 1. The second-order valence-electron chi connectivity index (χ2n) is 3.10. The molecule has 0 spiro atoms. The molecule has 5 heteroatoms. The van der Waals surface area contributed by atoms with E-state index >= 15 is 0 Å². The molecule has 76 valence electrons. The Hall–Kier alpha value is -1.10. The minimum Gasteiger partial charge on any atom is -0.396 e. The SMILES string of the molecule is CN(C)C(=O)CC(CCO)C(N)=O. The lowest BCUT2D eigenvalue weighted by Crippen LogP contribution is -2.31. The van der Waals surface area contributed by atoms with Gasteiger partial charge in [-0.1, -0.05) is 0 Å². The van der Waals surface area contributed by atoms with Crippen LogP contribution >= 0.6 is 0 Å². The van der Waals surface area contributed by atoms with Crippen LogP contribution in [0.25, 0.3) is 0 Å². The van der Waals surface area contributed by atoms with Crippen molar-refractivity contribution >= 4 is 11.8 Å². The Morgan fingerprint density at radius 1 is 1.46 bits per heavy atom. The molecule has 0 saturated heterocycles. The Morgan fingerprint density at radius 3 is 2.31 bits per heavy atom. The average Bonchev–Trinajstić information content (AvgIpc) is 2.03. The van der Waals surface area contributed by atoms with Gasteiger partial charge in [0.2, 0.25) is 11.8 Å². The van der Waals surface area contributed by atoms with Gasteiger partial charge < -0.3 is 15.7 Å². The topological polar surface area (TPSA) is 83.6 Å². The molecule has 1 unspecified atom stereocenters. The summed E-state index contributed by atoms with van der Waals surface area (Å²) in [5, 5.41) is 8.60. The second-order valence-corrected chi connectivity index (χ2v) is 3.10. The average molecular weight is 188 g/mol. The highest BCUT2D eigenvalue weighted by Gasteiger charge is 2.19. The maximum Gasteiger partial charge on any atom is 0.222 e. The number of aliphatic hydroxyl groups is 1. The van der Waals surface area contributed by atoms with E-state index in [2.05, 4.69) is 0 Å². The summed E-state index contributed by atoms with van der Waals surface area (Å²) >= 11 is 0. The molecular weight excluding hydrogens is 172 g/mol. The summed E-state index contributed by atoms with van der Waals surface area (Å²) in [6.07, 6.45) is 0.317. The number of carbonyl (C=O) groups excluding carboxylic acids is 2. The van der Waals surface area contributed by atoms with Crippen molar-refractivity contribution in [3.63, 3.8) is 0 Å². The van der Waals surface area contributed by atoms with Gasteiger partial charge in [-0.25, -0.2) is 0 Å². The first-order chi connectivity index (χ1) is 5.99. The van der Waals surface area contributed by atoms with Gasteiger partial charge in [0.05, 0.1) is 0 Å². The van der Waals surface area contributed by atoms with Gasteiger partial charge in [-0.3, -0.25) is 9.59 Å². The van der Waals surface area contributed by atoms with Gasteiger partial charge in [-0.15, -0.1) is 0 Å². The molecule has 0 aromatic carbocycles. The summed E-state index contributed by atoms with van der Waals surface area (Å²) in [5.74, 6) is -1.25. The predicted molar refractivity (Wildman–Crippen MR) is 47.7 cm³/mol. The molecule has 0 rings (SSSR count). The summed E-state index contributed by atoms with van der Waals surface area (Å²) in [7, 11) is 3.22. The van der Waals surface area contributed by atoms with Crippen LogP contribution in [0.15, 0.2) is 0 Å². The first-order valence-corrected chi connectivity index (χ1v) is 4.09. The molecule has 0 saturated carbocycles. The molecule has 0 fully saturated rings. The Labute approximate surface area is 77.5 Å². The van der Waals surface area contributed by atoms with Crippen molar-refractivity contribution in [1.29, 1.82) is 0 Å². The lowest BCUT2D eigenvalue weighted by Gasteiger charge is -2.15. The summed E-state index contributed by atoms with van der Waals surface area (Å²) in [5.41, 5.74) is 5.05. The highest BCUT2D eigenvalue weighted by Crippen LogP contribution is 2.08. The third-order valence-corrected chi connectivity index (χ3v) is 1.80. The van der Waals surface area contributed by atoms with E-state index in [-0.39, 0.29) is 25.4 Å². The second kappa shape index (κ2) is 5.53. The van der Waals surface area contributed by atoms with Crippen LogP contribution in [0, 0.1) is 5.92 Å². The van der Waals surface area contributed by atoms with Crippen molar-refractivity contribution in [3.8, 4) is 0 Å². The largest absolute Gasteiger partial charge is 0.396 e. The van der Waals surface area contributed by atoms with Crippen LogP contribution < -0.4 is 5.73 Å². The molecule has 2 amide bonds. The number of amides is 2. The maximum absolute atomic E-state index is 11.2. The lowest BCUT2D eigenvalue weighted by atomic mass is 10.0. The zero-order valence-corrected chi connectivity index (χ0v) is 7.99. The van der Waals surface area contributed by atoms with E-state index in [1.165, 1.54) is 4.90 Å². The molecule has 1 atom stereocenters. The molecule has 0 aliphatic heterocycles. The molecule has 0 aromatic rings. The minimum absolute atomic E-state index is 0.0723. The van der Waals surface area contributed by atoms with Crippen LogP contribution in [0.5, 0.6) is 0 Å². The minimum atomic E-state index is -0.556. The number of carbonyl (C=O) groups is 2. The van der Waals surface area contributed by atoms with Crippen molar-refractivity contribution in [2.24, 2.45) is 11.7 Å². The van der Waals surface area contributed by atoms with Crippen molar-refractivity contribution in [2.45, 2.75) is 12.8 Å². The molecule has 0 heterocycles. The van der Waals surface area contributed by atoms with Crippen LogP contribution in [-0.4, -0.2) is 42.5 Å². The zero-order chi connectivity index (χ0) is 10.4. The van der Waals surface area contributed by atoms with Gasteiger partial charge in [0.1, 0.15) is 0 Å². The third kappa shape index (κ3) is 4.47. The van der Waals surface area contributed by atoms with Crippen LogP contribution in [0.1, 0.15) is 12.8 Å². The van der Waals surface area contributed by atoms with Gasteiger partial charge in [0, 0.05) is 33.0 Å². The summed E-state index contributed by atoms with van der Waals surface area (Å²) in [4.78, 5) is 23.4. The van der Waals surface area contributed by atoms with E-state index in [1.807, 2.05) is 0 Å². The van der Waals surface area contributed by atoms with Crippen molar-refractivity contribution in [2.75, 3.05) is 20.7 Å². The quantitative estimate of drug-likeness (QED) is 0.577. The van der Waals surface area contributed by atoms with E-state index in [9.17, 15) is 9.59 Å². The first-order valence-electron chi connectivity index (χ1n) is 4.09. The van der Waals surface area contributed by atoms with E-state index in [0.29, 0.717) is 0 Å². The van der Waals surface area contributed by atoms with Crippen LogP contribution in [0.4, 0.5) is 0 Å². The van der Waals surface area contributed by atoms with Gasteiger partial charge >= 0.3 is 0 Å². The van der Waals surface area contributed by atoms with E-state index in [0.717, 1.165) is 0 Å². The molecule has 3 N–H and O–H groups in total. The molecule has 0 aliphatic rings. The summed E-state index contributed by atoms with van der Waals surface area (Å²) in [6.45, 7) is -0.131. The summed E-state index contributed by atoms with van der Waals surface area (Å²) in [6, 6.07) is 0. The fraction of sp³-hybridized carbons (Fsp3) is 0.750. The van der Waals surface area contributed by atoms with Gasteiger partial charge in [0.15, 0.2) is 0 Å². The van der Waals surface area contributed by atoms with E-state index in [1.54, 1.807) is 14.1 Å². The van der Waals surface area contributed by atoms with Crippen molar-refractivity contribution in [3.05, 3.63) is 0 Å². The number of rotatable bonds is 5. The van der Waals surface area contributed by atoms with Crippen molar-refractivity contribution in [1.82, 2.24) is 4.90 Å². The Balaban J connectivity index is 4.10. The van der Waals surface area contributed by atoms with Gasteiger partial charge in [-0.05, 0) is 6.42 Å². The van der Waals surface area contributed by atoms with Crippen molar-refractivity contribution < 1.29 is 14.7 Å². The molecule has 13 heavy (non-hydrogen) atoms. The number of nitrogens with zero attached hydrogens (tertiary/aromatic N) is 1. The van der Waals surface area contributed by atoms with E-state index in [4.69, 9.17) is 10.8 Å². The lowest BCUT2D eigenvalue weighted by molar-refractivity contribution is -0.133. The molecule has 5 nitrogen and oxygen atoms in total. The number of primary amides is 1. The number of hydrogen-bond acceptors (Lipinski definition) is 3. The maximum atomic E-state index is 11.2. The molecule has 0 aliphatic carbocycles. The standard InChI is InChI=1S/C8H16N2O3/c1-10(2)7(12)5-6(3-4-11)8(9)13/h6,11H,3-5H2,1-2H3,(H2,9,13). The number of nitrogens with two attached hydrogens (primary N) is 1. The van der Waals surface area contributed by atoms with Crippen LogP contribution in [0.3, 0.4) is 0 Å². The summed E-state index contributed by atoms with van der Waals surface area (Å²) < 4.78 is 0. The molecule has 0 aromatic heterocycles. The predicted octanol–water partition coefficient (Wildman–Crippen LogP) is -1.05. The van der Waals surface area contributed by atoms with E-state index < -0.39 is 11.8 Å². The smallest absolute Gasteiger partial charge is 0.222 e. The normalized spacial score (nSPS) is 12.2. The Bertz CT molecular complexity index is 192. The monoisotopic (exact) mass is 188 g/mol. The Kier molecular flexibility index (Phi) is 5.06. The molecule has 0 bridgehead atoms. The van der Waals surface area contributed by atoms with Crippen LogP contribution in [0.2, 0.25) is 0 Å². The highest BCUT2D eigenvalue weighted by molar-refractivity contribution is 5.84. The highest BCUT2D eigenvalue weighted by atomic mass is 16.3.